The Balaban J connectivity index is 0.00000192. The number of aliphatic hydroxyl groups excluding tert-OH is 1. The molecule has 2 aromatic rings. The van der Waals surface area contributed by atoms with E-state index in [0.29, 0.717) is 18.7 Å². The summed E-state index contributed by atoms with van der Waals surface area (Å²) in [4.78, 5) is 12.2. The van der Waals surface area contributed by atoms with E-state index in [1.165, 1.54) is 0 Å². The van der Waals surface area contributed by atoms with Crippen LogP contribution in [0, 0.1) is 0 Å². The van der Waals surface area contributed by atoms with Gasteiger partial charge in [0.25, 0.3) is 5.91 Å². The number of nitrogens with one attached hydrogen (secondary N) is 3. The van der Waals surface area contributed by atoms with Crippen molar-refractivity contribution >= 4 is 18.3 Å². The highest BCUT2D eigenvalue weighted by atomic mass is 35.5. The molecule has 1 aliphatic rings. The summed E-state index contributed by atoms with van der Waals surface area (Å²) >= 11 is 0. The van der Waals surface area contributed by atoms with E-state index < -0.39 is 6.10 Å². The lowest BCUT2D eigenvalue weighted by atomic mass is 10.1. The zero-order chi connectivity index (χ0) is 15.4. The summed E-state index contributed by atoms with van der Waals surface area (Å²) in [6.45, 7) is 1.76. The monoisotopic (exact) mass is 336 g/mol. The van der Waals surface area contributed by atoms with Crippen LogP contribution in [0.25, 0.3) is 0 Å². The summed E-state index contributed by atoms with van der Waals surface area (Å²) in [6.07, 6.45) is 0.757. The highest BCUT2D eigenvalue weighted by Crippen LogP contribution is 2.15. The lowest BCUT2D eigenvalue weighted by Crippen LogP contribution is -2.34. The van der Waals surface area contributed by atoms with Gasteiger partial charge in [0.15, 0.2) is 5.69 Å². The lowest BCUT2D eigenvalue weighted by Gasteiger charge is -2.14. The fraction of sp³-hybridized carbons (Fsp3) is 0.375. The number of aromatic amines is 1. The number of nitrogens with zero attached hydrogens (tertiary/aromatic N) is 1. The minimum absolute atomic E-state index is 0. The molecule has 1 aliphatic heterocycles. The number of rotatable bonds is 5. The number of aliphatic hydroxyl groups is 1. The van der Waals surface area contributed by atoms with Crippen LogP contribution in [-0.4, -0.2) is 40.4 Å². The largest absolute Gasteiger partial charge is 0.391 e. The second-order valence-corrected chi connectivity index (χ2v) is 5.51. The second-order valence-electron chi connectivity index (χ2n) is 5.51. The van der Waals surface area contributed by atoms with Gasteiger partial charge < -0.3 is 15.7 Å². The van der Waals surface area contributed by atoms with E-state index in [1.807, 2.05) is 30.3 Å². The predicted molar refractivity (Wildman–Crippen MR) is 89.7 cm³/mol. The van der Waals surface area contributed by atoms with Gasteiger partial charge in [-0.2, -0.15) is 5.10 Å². The molecular formula is C16H21ClN4O2. The molecule has 7 heteroatoms. The van der Waals surface area contributed by atoms with E-state index in [9.17, 15) is 9.90 Å². The Bertz CT molecular complexity index is 645. The second kappa shape index (κ2) is 8.10. The normalized spacial score (nSPS) is 14.5. The third kappa shape index (κ3) is 4.31. The molecule has 1 aromatic heterocycles. The Hall–Kier alpha value is -1.89. The van der Waals surface area contributed by atoms with Crippen molar-refractivity contribution in [1.82, 2.24) is 20.8 Å². The van der Waals surface area contributed by atoms with Crippen LogP contribution < -0.4 is 10.6 Å². The summed E-state index contributed by atoms with van der Waals surface area (Å²) in [5.74, 6) is -0.242. The number of carbonyl (C=O) groups is 1. The quantitative estimate of drug-likeness (QED) is 0.650. The fourth-order valence-electron chi connectivity index (χ4n) is 2.67. The first-order chi connectivity index (χ1) is 10.7. The van der Waals surface area contributed by atoms with E-state index in [-0.39, 0.29) is 24.9 Å². The van der Waals surface area contributed by atoms with Gasteiger partial charge in [-0.05, 0) is 5.56 Å². The molecule has 1 aromatic carbocycles. The molecule has 0 saturated heterocycles. The Kier molecular flexibility index (Phi) is 6.15. The standard InChI is InChI=1S/C16H20N4O2.ClH/c21-12(8-11-4-2-1-3-5-11)9-18-16(22)15-13-10-17-7-6-14(13)19-20-15;/h1-5,12,17,21H,6-10H2,(H,18,22)(H,19,20);1H. The van der Waals surface area contributed by atoms with Crippen molar-refractivity contribution in [3.05, 3.63) is 52.8 Å². The minimum atomic E-state index is -0.612. The van der Waals surface area contributed by atoms with Crippen molar-refractivity contribution in [1.29, 1.82) is 0 Å². The average molecular weight is 337 g/mol. The molecule has 0 spiro atoms. The minimum Gasteiger partial charge on any atom is -0.391 e. The van der Waals surface area contributed by atoms with Gasteiger partial charge in [0, 0.05) is 43.7 Å². The number of fused-ring (bicyclic) bond motifs is 1. The molecule has 0 fully saturated rings. The number of amides is 1. The maximum absolute atomic E-state index is 12.2. The van der Waals surface area contributed by atoms with Crippen LogP contribution in [0.15, 0.2) is 30.3 Å². The number of carbonyl (C=O) groups excluding carboxylic acids is 1. The molecule has 0 saturated carbocycles. The van der Waals surface area contributed by atoms with Gasteiger partial charge in [0.1, 0.15) is 0 Å². The summed E-state index contributed by atoms with van der Waals surface area (Å²) in [7, 11) is 0. The number of halogens is 1. The van der Waals surface area contributed by atoms with E-state index in [1.54, 1.807) is 0 Å². The lowest BCUT2D eigenvalue weighted by molar-refractivity contribution is 0.0910. The Morgan fingerprint density at radius 1 is 1.35 bits per heavy atom. The SMILES string of the molecule is Cl.O=C(NCC(O)Cc1ccccc1)c1n[nH]c2c1CNCC2. The molecule has 1 atom stereocenters. The van der Waals surface area contributed by atoms with Crippen LogP contribution >= 0.6 is 12.4 Å². The highest BCUT2D eigenvalue weighted by molar-refractivity contribution is 5.94. The van der Waals surface area contributed by atoms with Gasteiger partial charge in [-0.3, -0.25) is 9.89 Å². The van der Waals surface area contributed by atoms with Crippen LogP contribution in [0.4, 0.5) is 0 Å². The first-order valence-corrected chi connectivity index (χ1v) is 7.51. The summed E-state index contributed by atoms with van der Waals surface area (Å²) in [5.41, 5.74) is 3.43. The third-order valence-electron chi connectivity index (χ3n) is 3.83. The molecule has 0 bridgehead atoms. The highest BCUT2D eigenvalue weighted by Gasteiger charge is 2.21. The van der Waals surface area contributed by atoms with Crippen molar-refractivity contribution in [3.8, 4) is 0 Å². The van der Waals surface area contributed by atoms with Gasteiger partial charge >= 0.3 is 0 Å². The maximum Gasteiger partial charge on any atom is 0.272 e. The van der Waals surface area contributed by atoms with Gasteiger partial charge in [0.2, 0.25) is 0 Å². The van der Waals surface area contributed by atoms with Crippen molar-refractivity contribution < 1.29 is 9.90 Å². The van der Waals surface area contributed by atoms with E-state index in [0.717, 1.165) is 29.8 Å². The summed E-state index contributed by atoms with van der Waals surface area (Å²) in [5, 5.41) is 23.0. The molecule has 3 rings (SSSR count). The zero-order valence-electron chi connectivity index (χ0n) is 12.7. The van der Waals surface area contributed by atoms with Crippen molar-refractivity contribution in [2.45, 2.75) is 25.5 Å². The Morgan fingerprint density at radius 2 is 2.13 bits per heavy atom. The van der Waals surface area contributed by atoms with E-state index in [4.69, 9.17) is 0 Å². The van der Waals surface area contributed by atoms with Crippen molar-refractivity contribution in [2.24, 2.45) is 0 Å². The first-order valence-electron chi connectivity index (χ1n) is 7.51. The third-order valence-corrected chi connectivity index (χ3v) is 3.83. The molecule has 0 radical (unpaired) electrons. The average Bonchev–Trinajstić information content (AvgIpc) is 2.98. The maximum atomic E-state index is 12.2. The van der Waals surface area contributed by atoms with Crippen LogP contribution in [0.5, 0.6) is 0 Å². The molecule has 23 heavy (non-hydrogen) atoms. The van der Waals surface area contributed by atoms with Crippen molar-refractivity contribution in [3.63, 3.8) is 0 Å². The Labute approximate surface area is 141 Å². The molecule has 1 unspecified atom stereocenters. The predicted octanol–water partition coefficient (Wildman–Crippen LogP) is 0.811. The van der Waals surface area contributed by atoms with Gasteiger partial charge in [0.05, 0.1) is 6.10 Å². The smallest absolute Gasteiger partial charge is 0.272 e. The summed E-state index contributed by atoms with van der Waals surface area (Å²) < 4.78 is 0. The van der Waals surface area contributed by atoms with E-state index >= 15 is 0 Å². The van der Waals surface area contributed by atoms with Gasteiger partial charge in [-0.25, -0.2) is 0 Å². The molecule has 2 heterocycles. The van der Waals surface area contributed by atoms with E-state index in [2.05, 4.69) is 20.8 Å². The number of aromatic nitrogens is 2. The number of benzene rings is 1. The Morgan fingerprint density at radius 3 is 2.91 bits per heavy atom. The van der Waals surface area contributed by atoms with Crippen LogP contribution in [0.3, 0.4) is 0 Å². The van der Waals surface area contributed by atoms with Gasteiger partial charge in [-0.1, -0.05) is 30.3 Å². The number of hydrogen-bond donors (Lipinski definition) is 4. The number of H-pyrrole nitrogens is 1. The van der Waals surface area contributed by atoms with Crippen LogP contribution in [-0.2, 0) is 19.4 Å². The summed E-state index contributed by atoms with van der Waals surface area (Å²) in [6, 6.07) is 9.72. The zero-order valence-corrected chi connectivity index (χ0v) is 13.5. The molecule has 0 aliphatic carbocycles. The van der Waals surface area contributed by atoms with Crippen molar-refractivity contribution in [2.75, 3.05) is 13.1 Å². The number of hydrogen-bond acceptors (Lipinski definition) is 4. The fourth-order valence-corrected chi connectivity index (χ4v) is 2.67. The first kappa shape index (κ1) is 17.5. The molecule has 124 valence electrons. The van der Waals surface area contributed by atoms with Crippen LogP contribution in [0.2, 0.25) is 0 Å². The topological polar surface area (TPSA) is 90.0 Å². The molecule has 1 amide bonds. The molecule has 4 N–H and O–H groups in total. The van der Waals surface area contributed by atoms with Gasteiger partial charge in [-0.15, -0.1) is 12.4 Å². The van der Waals surface area contributed by atoms with Crippen LogP contribution in [0.1, 0.15) is 27.3 Å². The molecule has 6 nitrogen and oxygen atoms in total. The molecular weight excluding hydrogens is 316 g/mol.